The number of carbonyl (C=O) groups excluding carboxylic acids is 1. The van der Waals surface area contributed by atoms with E-state index in [-0.39, 0.29) is 29.0 Å². The van der Waals surface area contributed by atoms with Gasteiger partial charge in [0.15, 0.2) is 0 Å². The Morgan fingerprint density at radius 2 is 2.24 bits per heavy atom. The zero-order chi connectivity index (χ0) is 15.6. The van der Waals surface area contributed by atoms with Gasteiger partial charge in [-0.1, -0.05) is 0 Å². The van der Waals surface area contributed by atoms with E-state index in [1.807, 2.05) is 0 Å². The number of nitro groups is 1. The number of hydrogen-bond donors (Lipinski definition) is 2. The fraction of sp³-hybridized carbons (Fsp3) is 0.583. The standard InChI is InChI=1S/C12H18N6O3/c1-7-9(18(20)21)11(16-12(14-2)15-7)17-5-3-4-8(6-17)10(13)19/h8H,3-6H2,1-2H3,(H2,13,19)(H,14,15,16). The fourth-order valence-electron chi connectivity index (χ4n) is 2.50. The molecule has 0 aromatic carbocycles. The number of amides is 1. The normalized spacial score (nSPS) is 18.4. The number of primary amides is 1. The smallest absolute Gasteiger partial charge is 0.332 e. The highest BCUT2D eigenvalue weighted by atomic mass is 16.6. The van der Waals surface area contributed by atoms with Gasteiger partial charge in [-0.15, -0.1) is 0 Å². The number of nitrogens with one attached hydrogen (secondary N) is 1. The van der Waals surface area contributed by atoms with E-state index < -0.39 is 4.92 Å². The highest BCUT2D eigenvalue weighted by Crippen LogP contribution is 2.32. The fourth-order valence-corrected chi connectivity index (χ4v) is 2.50. The molecule has 9 heteroatoms. The molecule has 1 amide bonds. The molecule has 3 N–H and O–H groups in total. The molecule has 0 saturated carbocycles. The van der Waals surface area contributed by atoms with Crippen molar-refractivity contribution in [1.82, 2.24) is 9.97 Å². The second-order valence-corrected chi connectivity index (χ2v) is 5.00. The summed E-state index contributed by atoms with van der Waals surface area (Å²) in [5, 5.41) is 14.1. The van der Waals surface area contributed by atoms with Crippen LogP contribution < -0.4 is 16.0 Å². The van der Waals surface area contributed by atoms with Gasteiger partial charge in [-0.25, -0.2) is 4.98 Å². The second-order valence-electron chi connectivity index (χ2n) is 5.00. The van der Waals surface area contributed by atoms with E-state index in [4.69, 9.17) is 5.73 Å². The van der Waals surface area contributed by atoms with Gasteiger partial charge in [-0.05, 0) is 19.8 Å². The number of carbonyl (C=O) groups is 1. The summed E-state index contributed by atoms with van der Waals surface area (Å²) in [5.41, 5.74) is 5.51. The van der Waals surface area contributed by atoms with E-state index in [0.717, 1.165) is 6.42 Å². The van der Waals surface area contributed by atoms with Gasteiger partial charge >= 0.3 is 5.69 Å². The first-order chi connectivity index (χ1) is 9.93. The summed E-state index contributed by atoms with van der Waals surface area (Å²) < 4.78 is 0. The van der Waals surface area contributed by atoms with Crippen LogP contribution in [-0.4, -0.2) is 40.9 Å². The van der Waals surface area contributed by atoms with E-state index in [1.54, 1.807) is 18.9 Å². The van der Waals surface area contributed by atoms with E-state index >= 15 is 0 Å². The summed E-state index contributed by atoms with van der Waals surface area (Å²) in [4.78, 5) is 32.1. The molecule has 1 aliphatic heterocycles. The Kier molecular flexibility index (Phi) is 4.20. The third-order valence-corrected chi connectivity index (χ3v) is 3.57. The number of piperidine rings is 1. The third-order valence-electron chi connectivity index (χ3n) is 3.57. The number of anilines is 2. The molecule has 1 unspecified atom stereocenters. The SMILES string of the molecule is CNc1nc(C)c([N+](=O)[O-])c(N2CCCC(C(N)=O)C2)n1. The van der Waals surface area contributed by atoms with Gasteiger partial charge in [-0.3, -0.25) is 14.9 Å². The van der Waals surface area contributed by atoms with Crippen LogP contribution in [0.2, 0.25) is 0 Å². The molecule has 2 rings (SSSR count). The molecule has 0 radical (unpaired) electrons. The van der Waals surface area contributed by atoms with Gasteiger partial charge in [0, 0.05) is 20.1 Å². The summed E-state index contributed by atoms with van der Waals surface area (Å²) in [6.07, 6.45) is 1.44. The molecule has 0 bridgehead atoms. The van der Waals surface area contributed by atoms with Gasteiger partial charge in [0.05, 0.1) is 10.8 Å². The van der Waals surface area contributed by atoms with Crippen LogP contribution in [0.1, 0.15) is 18.5 Å². The van der Waals surface area contributed by atoms with E-state index in [1.165, 1.54) is 0 Å². The van der Waals surface area contributed by atoms with Crippen LogP contribution in [0, 0.1) is 23.0 Å². The molecule has 1 aliphatic rings. The van der Waals surface area contributed by atoms with Crippen molar-refractivity contribution in [2.24, 2.45) is 11.7 Å². The van der Waals surface area contributed by atoms with Crippen molar-refractivity contribution in [3.63, 3.8) is 0 Å². The molecular formula is C12H18N6O3. The highest BCUT2D eigenvalue weighted by molar-refractivity contribution is 5.78. The van der Waals surface area contributed by atoms with Crippen LogP contribution >= 0.6 is 0 Å². The van der Waals surface area contributed by atoms with E-state index in [9.17, 15) is 14.9 Å². The van der Waals surface area contributed by atoms with E-state index in [0.29, 0.717) is 25.5 Å². The molecule has 0 spiro atoms. The lowest BCUT2D eigenvalue weighted by Gasteiger charge is -2.31. The molecule has 2 heterocycles. The molecule has 1 aromatic rings. The van der Waals surface area contributed by atoms with Gasteiger partial charge in [-0.2, -0.15) is 4.98 Å². The summed E-state index contributed by atoms with van der Waals surface area (Å²) >= 11 is 0. The number of rotatable bonds is 4. The minimum absolute atomic E-state index is 0.126. The number of nitrogens with two attached hydrogens (primary N) is 1. The molecule has 1 fully saturated rings. The monoisotopic (exact) mass is 294 g/mol. The van der Waals surface area contributed by atoms with Crippen LogP contribution in [0.5, 0.6) is 0 Å². The molecule has 0 aliphatic carbocycles. The average Bonchev–Trinajstić information content (AvgIpc) is 2.45. The first-order valence-corrected chi connectivity index (χ1v) is 6.69. The quantitative estimate of drug-likeness (QED) is 0.609. The number of aryl methyl sites for hydroxylation is 1. The third kappa shape index (κ3) is 3.01. The van der Waals surface area contributed by atoms with Gasteiger partial charge < -0.3 is 16.0 Å². The van der Waals surface area contributed by atoms with Crippen LogP contribution in [0.25, 0.3) is 0 Å². The first-order valence-electron chi connectivity index (χ1n) is 6.69. The zero-order valence-corrected chi connectivity index (χ0v) is 12.0. The van der Waals surface area contributed by atoms with Gasteiger partial charge in [0.25, 0.3) is 0 Å². The summed E-state index contributed by atoms with van der Waals surface area (Å²) in [7, 11) is 1.65. The highest BCUT2D eigenvalue weighted by Gasteiger charge is 2.31. The molecular weight excluding hydrogens is 276 g/mol. The summed E-state index contributed by atoms with van der Waals surface area (Å²) in [6, 6.07) is 0. The van der Waals surface area contributed by atoms with Crippen molar-refractivity contribution < 1.29 is 9.72 Å². The second kappa shape index (κ2) is 5.90. The molecule has 1 aromatic heterocycles. The minimum atomic E-state index is -0.488. The van der Waals surface area contributed by atoms with Gasteiger partial charge in [0.2, 0.25) is 17.7 Å². The van der Waals surface area contributed by atoms with E-state index in [2.05, 4.69) is 15.3 Å². The van der Waals surface area contributed by atoms with Crippen LogP contribution in [-0.2, 0) is 4.79 Å². The molecule has 1 atom stereocenters. The first kappa shape index (κ1) is 14.9. The predicted molar refractivity (Wildman–Crippen MR) is 77.1 cm³/mol. The predicted octanol–water partition coefficient (Wildman–Crippen LogP) is 0.437. The maximum absolute atomic E-state index is 11.4. The topological polar surface area (TPSA) is 127 Å². The number of hydrogen-bond acceptors (Lipinski definition) is 7. The van der Waals surface area contributed by atoms with Crippen LogP contribution in [0.4, 0.5) is 17.5 Å². The largest absolute Gasteiger partial charge is 0.369 e. The van der Waals surface area contributed by atoms with Crippen molar-refractivity contribution in [3.05, 3.63) is 15.8 Å². The zero-order valence-electron chi connectivity index (χ0n) is 12.0. The Balaban J connectivity index is 2.43. The lowest BCUT2D eigenvalue weighted by atomic mass is 9.97. The Hall–Kier alpha value is -2.45. The van der Waals surface area contributed by atoms with Crippen molar-refractivity contribution in [1.29, 1.82) is 0 Å². The lowest BCUT2D eigenvalue weighted by Crippen LogP contribution is -2.42. The van der Waals surface area contributed by atoms with Gasteiger partial charge in [0.1, 0.15) is 5.69 Å². The molecule has 1 saturated heterocycles. The van der Waals surface area contributed by atoms with Crippen molar-refractivity contribution in [3.8, 4) is 0 Å². The Morgan fingerprint density at radius 3 is 2.81 bits per heavy atom. The van der Waals surface area contributed by atoms with Crippen molar-refractivity contribution in [2.75, 3.05) is 30.4 Å². The van der Waals surface area contributed by atoms with Crippen LogP contribution in [0.15, 0.2) is 0 Å². The van der Waals surface area contributed by atoms with Crippen LogP contribution in [0.3, 0.4) is 0 Å². The maximum atomic E-state index is 11.4. The summed E-state index contributed by atoms with van der Waals surface area (Å²) in [6.45, 7) is 2.51. The molecule has 21 heavy (non-hydrogen) atoms. The average molecular weight is 294 g/mol. The minimum Gasteiger partial charge on any atom is -0.369 e. The van der Waals surface area contributed by atoms with Crippen molar-refractivity contribution in [2.45, 2.75) is 19.8 Å². The Labute approximate surface area is 121 Å². The van der Waals surface area contributed by atoms with Crippen molar-refractivity contribution >= 4 is 23.4 Å². The molecule has 114 valence electrons. The lowest BCUT2D eigenvalue weighted by molar-refractivity contribution is -0.385. The number of nitrogens with zero attached hydrogens (tertiary/aromatic N) is 4. The summed E-state index contributed by atoms with van der Waals surface area (Å²) in [5.74, 6) is -0.147. The Morgan fingerprint density at radius 1 is 1.52 bits per heavy atom. The Bertz CT molecular complexity index is 576. The number of aromatic nitrogens is 2. The molecule has 9 nitrogen and oxygen atoms in total. The maximum Gasteiger partial charge on any atom is 0.332 e.